The number of amides is 2. The van der Waals surface area contributed by atoms with Gasteiger partial charge >= 0.3 is 6.03 Å². The SMILES string of the molecule is Cc1ccccc1NC(=O)N1CCN(c2ncnc3ccsc23)CC1C(C)C. The molecule has 0 saturated carbocycles. The topological polar surface area (TPSA) is 61.4 Å². The number of benzene rings is 1. The molecule has 2 amide bonds. The maximum atomic E-state index is 13.0. The number of hydrogen-bond acceptors (Lipinski definition) is 5. The summed E-state index contributed by atoms with van der Waals surface area (Å²) in [6.45, 7) is 8.54. The molecule has 3 heterocycles. The van der Waals surface area contributed by atoms with Gasteiger partial charge in [-0.2, -0.15) is 0 Å². The fourth-order valence-corrected chi connectivity index (χ4v) is 4.59. The van der Waals surface area contributed by atoms with Crippen molar-refractivity contribution in [3.8, 4) is 0 Å². The van der Waals surface area contributed by atoms with Crippen molar-refractivity contribution in [1.82, 2.24) is 14.9 Å². The van der Waals surface area contributed by atoms with Crippen LogP contribution in [0.3, 0.4) is 0 Å². The number of carbonyl (C=O) groups excluding carboxylic acids is 1. The first-order valence-corrected chi connectivity index (χ1v) is 10.5. The average molecular weight is 396 g/mol. The minimum atomic E-state index is -0.0309. The third kappa shape index (κ3) is 3.54. The number of thiophene rings is 1. The van der Waals surface area contributed by atoms with Crippen molar-refractivity contribution in [1.29, 1.82) is 0 Å². The number of hydrogen-bond donors (Lipinski definition) is 1. The normalized spacial score (nSPS) is 17.4. The van der Waals surface area contributed by atoms with Crippen LogP contribution >= 0.6 is 11.3 Å². The van der Waals surface area contributed by atoms with Crippen molar-refractivity contribution < 1.29 is 4.79 Å². The van der Waals surface area contributed by atoms with Gasteiger partial charge in [-0.25, -0.2) is 14.8 Å². The lowest BCUT2D eigenvalue weighted by molar-refractivity contribution is 0.156. The minimum absolute atomic E-state index is 0.0309. The highest BCUT2D eigenvalue weighted by Crippen LogP contribution is 2.30. The van der Waals surface area contributed by atoms with Crippen molar-refractivity contribution in [3.63, 3.8) is 0 Å². The summed E-state index contributed by atoms with van der Waals surface area (Å²) in [5.74, 6) is 1.32. The molecule has 4 rings (SSSR count). The molecule has 7 heteroatoms. The zero-order valence-electron chi connectivity index (χ0n) is 16.4. The molecule has 1 N–H and O–H groups in total. The maximum absolute atomic E-state index is 13.0. The number of nitrogens with zero attached hydrogens (tertiary/aromatic N) is 4. The summed E-state index contributed by atoms with van der Waals surface area (Å²) in [6.07, 6.45) is 1.63. The van der Waals surface area contributed by atoms with E-state index in [4.69, 9.17) is 0 Å². The van der Waals surface area contributed by atoms with Crippen LogP contribution in [0.15, 0.2) is 42.0 Å². The van der Waals surface area contributed by atoms with E-state index in [9.17, 15) is 4.79 Å². The quantitative estimate of drug-likeness (QED) is 0.715. The molecule has 1 unspecified atom stereocenters. The summed E-state index contributed by atoms with van der Waals surface area (Å²) < 4.78 is 1.11. The first-order valence-electron chi connectivity index (χ1n) is 9.61. The van der Waals surface area contributed by atoms with Gasteiger partial charge in [0.05, 0.1) is 16.3 Å². The molecular weight excluding hydrogens is 370 g/mol. The summed E-state index contributed by atoms with van der Waals surface area (Å²) >= 11 is 1.67. The molecule has 1 fully saturated rings. The molecule has 0 aliphatic carbocycles. The first-order chi connectivity index (χ1) is 13.5. The maximum Gasteiger partial charge on any atom is 0.322 e. The number of aryl methyl sites for hydroxylation is 1. The predicted molar refractivity (Wildman–Crippen MR) is 115 cm³/mol. The fourth-order valence-electron chi connectivity index (χ4n) is 3.73. The number of rotatable bonds is 3. The molecule has 1 aromatic carbocycles. The Hall–Kier alpha value is -2.67. The third-order valence-electron chi connectivity index (χ3n) is 5.36. The van der Waals surface area contributed by atoms with Gasteiger partial charge in [-0.05, 0) is 35.9 Å². The van der Waals surface area contributed by atoms with Gasteiger partial charge in [0, 0.05) is 25.3 Å². The van der Waals surface area contributed by atoms with E-state index in [1.165, 1.54) is 0 Å². The molecule has 6 nitrogen and oxygen atoms in total. The number of nitrogens with one attached hydrogen (secondary N) is 1. The van der Waals surface area contributed by atoms with E-state index in [-0.39, 0.29) is 12.1 Å². The third-order valence-corrected chi connectivity index (χ3v) is 6.26. The molecule has 146 valence electrons. The van der Waals surface area contributed by atoms with Crippen LogP contribution in [0, 0.1) is 12.8 Å². The zero-order chi connectivity index (χ0) is 19.7. The fraction of sp³-hybridized carbons (Fsp3) is 0.381. The highest BCUT2D eigenvalue weighted by atomic mass is 32.1. The molecule has 28 heavy (non-hydrogen) atoms. The van der Waals surface area contributed by atoms with Crippen LogP contribution < -0.4 is 10.2 Å². The number of aromatic nitrogens is 2. The second-order valence-corrected chi connectivity index (χ2v) is 8.44. The lowest BCUT2D eigenvalue weighted by atomic mass is 10.00. The summed E-state index contributed by atoms with van der Waals surface area (Å²) in [7, 11) is 0. The lowest BCUT2D eigenvalue weighted by Crippen LogP contribution is -2.58. The first kappa shape index (κ1) is 18.7. The van der Waals surface area contributed by atoms with Gasteiger partial charge in [-0.3, -0.25) is 0 Å². The van der Waals surface area contributed by atoms with Crippen LogP contribution in [-0.2, 0) is 0 Å². The average Bonchev–Trinajstić information content (AvgIpc) is 3.18. The van der Waals surface area contributed by atoms with Crippen molar-refractivity contribution in [2.45, 2.75) is 26.8 Å². The van der Waals surface area contributed by atoms with Crippen LogP contribution in [-0.4, -0.2) is 46.6 Å². The zero-order valence-corrected chi connectivity index (χ0v) is 17.2. The van der Waals surface area contributed by atoms with Gasteiger partial charge in [0.1, 0.15) is 12.1 Å². The smallest absolute Gasteiger partial charge is 0.322 e. The Morgan fingerprint density at radius 2 is 2.04 bits per heavy atom. The van der Waals surface area contributed by atoms with E-state index >= 15 is 0 Å². The number of piperazine rings is 1. The van der Waals surface area contributed by atoms with E-state index in [1.807, 2.05) is 42.2 Å². The molecule has 1 saturated heterocycles. The standard InChI is InChI=1S/C21H25N5OS/c1-14(2)18-12-25(20-19-17(8-11-28-19)22-13-23-20)9-10-26(18)21(27)24-16-7-5-4-6-15(16)3/h4-8,11,13-14,18H,9-10,12H2,1-3H3,(H,24,27). The summed E-state index contributed by atoms with van der Waals surface area (Å²) in [5.41, 5.74) is 2.92. The van der Waals surface area contributed by atoms with Crippen LogP contribution in [0.5, 0.6) is 0 Å². The molecule has 1 atom stereocenters. The van der Waals surface area contributed by atoms with Gasteiger partial charge in [0.2, 0.25) is 0 Å². The number of para-hydroxylation sites is 1. The minimum Gasteiger partial charge on any atom is -0.351 e. The Morgan fingerprint density at radius 1 is 1.21 bits per heavy atom. The number of anilines is 2. The molecule has 0 bridgehead atoms. The second-order valence-electron chi connectivity index (χ2n) is 7.53. The molecule has 0 spiro atoms. The highest BCUT2D eigenvalue weighted by molar-refractivity contribution is 7.17. The molecule has 0 radical (unpaired) electrons. The Bertz CT molecular complexity index is 986. The van der Waals surface area contributed by atoms with Gasteiger partial charge in [0.15, 0.2) is 0 Å². The largest absolute Gasteiger partial charge is 0.351 e. The Morgan fingerprint density at radius 3 is 2.82 bits per heavy atom. The number of urea groups is 1. The molecule has 1 aliphatic heterocycles. The summed E-state index contributed by atoms with van der Waals surface area (Å²) in [4.78, 5) is 26.2. The van der Waals surface area contributed by atoms with E-state index in [1.54, 1.807) is 17.7 Å². The van der Waals surface area contributed by atoms with Gasteiger partial charge in [0.25, 0.3) is 0 Å². The van der Waals surface area contributed by atoms with Crippen molar-refractivity contribution in [2.75, 3.05) is 29.9 Å². The number of fused-ring (bicyclic) bond motifs is 1. The van der Waals surface area contributed by atoms with Crippen molar-refractivity contribution in [2.24, 2.45) is 5.92 Å². The predicted octanol–water partition coefficient (Wildman–Crippen LogP) is 4.38. The van der Waals surface area contributed by atoms with Gasteiger partial charge in [-0.1, -0.05) is 32.0 Å². The molecule has 2 aromatic heterocycles. The van der Waals surface area contributed by atoms with E-state index in [2.05, 4.69) is 39.4 Å². The van der Waals surface area contributed by atoms with Crippen molar-refractivity contribution in [3.05, 3.63) is 47.6 Å². The van der Waals surface area contributed by atoms with Crippen LogP contribution in [0.4, 0.5) is 16.3 Å². The van der Waals surface area contributed by atoms with Crippen LogP contribution in [0.2, 0.25) is 0 Å². The molecular formula is C21H25N5OS. The van der Waals surface area contributed by atoms with Crippen molar-refractivity contribution >= 4 is 39.1 Å². The van der Waals surface area contributed by atoms with Crippen LogP contribution in [0.25, 0.3) is 10.2 Å². The molecule has 3 aromatic rings. The summed E-state index contributed by atoms with van der Waals surface area (Å²) in [6, 6.07) is 9.99. The monoisotopic (exact) mass is 395 g/mol. The van der Waals surface area contributed by atoms with E-state index in [0.717, 1.165) is 40.4 Å². The highest BCUT2D eigenvalue weighted by Gasteiger charge is 2.33. The van der Waals surface area contributed by atoms with Gasteiger partial charge in [-0.15, -0.1) is 11.3 Å². The Balaban J connectivity index is 1.54. The van der Waals surface area contributed by atoms with Crippen LogP contribution in [0.1, 0.15) is 19.4 Å². The summed E-state index contributed by atoms with van der Waals surface area (Å²) in [5, 5.41) is 5.14. The molecule has 1 aliphatic rings. The second kappa shape index (κ2) is 7.75. The Kier molecular flexibility index (Phi) is 5.17. The lowest BCUT2D eigenvalue weighted by Gasteiger charge is -2.43. The Labute approximate surface area is 169 Å². The van der Waals surface area contributed by atoms with Gasteiger partial charge < -0.3 is 15.1 Å². The van der Waals surface area contributed by atoms with E-state index in [0.29, 0.717) is 12.5 Å². The number of carbonyl (C=O) groups is 1. The van der Waals surface area contributed by atoms with E-state index < -0.39 is 0 Å².